The Morgan fingerprint density at radius 2 is 2.12 bits per heavy atom. The maximum atomic E-state index is 5.93. The van der Waals surface area contributed by atoms with Crippen molar-refractivity contribution in [2.75, 3.05) is 39.6 Å². The van der Waals surface area contributed by atoms with Crippen molar-refractivity contribution in [1.29, 1.82) is 0 Å². The number of methoxy groups -OCH3 is 1. The highest BCUT2D eigenvalue weighted by atomic mass is 35.5. The monoisotopic (exact) mass is 242 g/mol. The Bertz CT molecular complexity index is 329. The van der Waals surface area contributed by atoms with Crippen LogP contribution in [0, 0.1) is 0 Å². The van der Waals surface area contributed by atoms with Crippen LogP contribution in [0.1, 0.15) is 6.42 Å². The summed E-state index contributed by atoms with van der Waals surface area (Å²) in [6.45, 7) is 1.98. The molecule has 0 fully saturated rings. The van der Waals surface area contributed by atoms with Crippen LogP contribution in [-0.2, 0) is 0 Å². The Morgan fingerprint density at radius 1 is 1.38 bits per heavy atom. The van der Waals surface area contributed by atoms with E-state index in [4.69, 9.17) is 16.3 Å². The van der Waals surface area contributed by atoms with Crippen LogP contribution in [0.5, 0.6) is 5.75 Å². The van der Waals surface area contributed by atoms with Gasteiger partial charge in [0.15, 0.2) is 0 Å². The number of anilines is 1. The molecule has 0 atom stereocenters. The second-order valence-electron chi connectivity index (χ2n) is 3.93. The average Bonchev–Trinajstić information content (AvgIpc) is 2.24. The van der Waals surface area contributed by atoms with E-state index in [1.807, 2.05) is 18.2 Å². The molecule has 0 unspecified atom stereocenters. The Morgan fingerprint density at radius 3 is 2.75 bits per heavy atom. The predicted octanol–water partition coefficient (Wildman–Crippen LogP) is 2.71. The van der Waals surface area contributed by atoms with E-state index >= 15 is 0 Å². The minimum Gasteiger partial charge on any atom is -0.495 e. The topological polar surface area (TPSA) is 24.5 Å². The lowest BCUT2D eigenvalue weighted by atomic mass is 10.3. The van der Waals surface area contributed by atoms with Gasteiger partial charge >= 0.3 is 0 Å². The van der Waals surface area contributed by atoms with Crippen LogP contribution < -0.4 is 10.1 Å². The maximum absolute atomic E-state index is 5.93. The van der Waals surface area contributed by atoms with E-state index in [-0.39, 0.29) is 0 Å². The Kier molecular flexibility index (Phi) is 5.43. The first-order valence-electron chi connectivity index (χ1n) is 5.35. The fourth-order valence-corrected chi connectivity index (χ4v) is 1.61. The third kappa shape index (κ3) is 4.29. The summed E-state index contributed by atoms with van der Waals surface area (Å²) in [6.07, 6.45) is 1.09. The smallest absolute Gasteiger partial charge is 0.142 e. The van der Waals surface area contributed by atoms with E-state index < -0.39 is 0 Å². The molecule has 0 heterocycles. The van der Waals surface area contributed by atoms with Crippen LogP contribution in [0.25, 0.3) is 0 Å². The summed E-state index contributed by atoms with van der Waals surface area (Å²) in [6, 6.07) is 5.58. The molecule has 0 spiro atoms. The summed E-state index contributed by atoms with van der Waals surface area (Å²) >= 11 is 5.93. The molecule has 1 rings (SSSR count). The zero-order chi connectivity index (χ0) is 12.0. The van der Waals surface area contributed by atoms with E-state index in [9.17, 15) is 0 Å². The highest BCUT2D eigenvalue weighted by Crippen LogP contribution is 2.27. The predicted molar refractivity (Wildman–Crippen MR) is 69.7 cm³/mol. The van der Waals surface area contributed by atoms with Gasteiger partial charge in [0.05, 0.1) is 12.8 Å². The summed E-state index contributed by atoms with van der Waals surface area (Å²) in [5.41, 5.74) is 0.953. The fraction of sp³-hybridized carbons (Fsp3) is 0.500. The molecule has 0 aliphatic carbocycles. The number of rotatable bonds is 6. The van der Waals surface area contributed by atoms with Crippen molar-refractivity contribution in [2.45, 2.75) is 6.42 Å². The van der Waals surface area contributed by atoms with Crippen LogP contribution >= 0.6 is 11.6 Å². The summed E-state index contributed by atoms with van der Waals surface area (Å²) < 4.78 is 5.25. The Hall–Kier alpha value is -0.930. The number of hydrogen-bond acceptors (Lipinski definition) is 3. The molecule has 0 saturated heterocycles. The molecular weight excluding hydrogens is 224 g/mol. The fourth-order valence-electron chi connectivity index (χ4n) is 1.44. The van der Waals surface area contributed by atoms with Crippen LogP contribution in [-0.4, -0.2) is 39.2 Å². The molecule has 0 bridgehead atoms. The van der Waals surface area contributed by atoms with Gasteiger partial charge in [-0.05, 0) is 45.3 Å². The van der Waals surface area contributed by atoms with Crippen molar-refractivity contribution < 1.29 is 4.74 Å². The molecule has 1 aromatic carbocycles. The molecular formula is C12H19ClN2O. The standard InChI is InChI=1S/C12H19ClN2O/c1-15(2)8-4-7-14-11-9-10(13)5-6-12(11)16-3/h5-6,9,14H,4,7-8H2,1-3H3. The Balaban J connectivity index is 2.48. The van der Waals surface area contributed by atoms with Gasteiger partial charge in [-0.2, -0.15) is 0 Å². The molecule has 1 aromatic rings. The number of hydrogen-bond donors (Lipinski definition) is 1. The third-order valence-corrected chi connectivity index (χ3v) is 2.49. The lowest BCUT2D eigenvalue weighted by molar-refractivity contribution is 0.404. The van der Waals surface area contributed by atoms with E-state index in [2.05, 4.69) is 24.3 Å². The van der Waals surface area contributed by atoms with Crippen molar-refractivity contribution in [3.8, 4) is 5.75 Å². The zero-order valence-electron chi connectivity index (χ0n) is 10.1. The quantitative estimate of drug-likeness (QED) is 0.777. The van der Waals surface area contributed by atoms with E-state index in [1.54, 1.807) is 7.11 Å². The van der Waals surface area contributed by atoms with Crippen LogP contribution in [0.15, 0.2) is 18.2 Å². The molecule has 4 heteroatoms. The number of benzene rings is 1. The second kappa shape index (κ2) is 6.61. The summed E-state index contributed by atoms with van der Waals surface area (Å²) in [4.78, 5) is 2.16. The van der Waals surface area contributed by atoms with Gasteiger partial charge in [0.25, 0.3) is 0 Å². The van der Waals surface area contributed by atoms with Crippen molar-refractivity contribution in [3.63, 3.8) is 0 Å². The van der Waals surface area contributed by atoms with Gasteiger partial charge < -0.3 is 15.0 Å². The molecule has 0 aliphatic rings. The number of nitrogens with zero attached hydrogens (tertiary/aromatic N) is 1. The van der Waals surface area contributed by atoms with Gasteiger partial charge in [-0.15, -0.1) is 0 Å². The molecule has 1 N–H and O–H groups in total. The van der Waals surface area contributed by atoms with Crippen LogP contribution in [0.3, 0.4) is 0 Å². The minimum atomic E-state index is 0.718. The van der Waals surface area contributed by atoms with Gasteiger partial charge in [-0.1, -0.05) is 11.6 Å². The van der Waals surface area contributed by atoms with Crippen LogP contribution in [0.4, 0.5) is 5.69 Å². The van der Waals surface area contributed by atoms with Crippen molar-refractivity contribution in [3.05, 3.63) is 23.2 Å². The SMILES string of the molecule is COc1ccc(Cl)cc1NCCCN(C)C. The normalized spacial score (nSPS) is 10.6. The van der Waals surface area contributed by atoms with Gasteiger partial charge in [-0.25, -0.2) is 0 Å². The largest absolute Gasteiger partial charge is 0.495 e. The molecule has 3 nitrogen and oxygen atoms in total. The first-order chi connectivity index (χ1) is 7.63. The van der Waals surface area contributed by atoms with Crippen LogP contribution in [0.2, 0.25) is 5.02 Å². The third-order valence-electron chi connectivity index (χ3n) is 2.26. The van der Waals surface area contributed by atoms with Gasteiger partial charge in [0, 0.05) is 11.6 Å². The number of ether oxygens (including phenoxy) is 1. The van der Waals surface area contributed by atoms with Crippen molar-refractivity contribution in [2.24, 2.45) is 0 Å². The molecule has 0 saturated carbocycles. The summed E-state index contributed by atoms with van der Waals surface area (Å²) in [5, 5.41) is 4.04. The number of nitrogens with one attached hydrogen (secondary N) is 1. The molecule has 0 amide bonds. The lowest BCUT2D eigenvalue weighted by Gasteiger charge is -2.13. The molecule has 90 valence electrons. The van der Waals surface area contributed by atoms with E-state index in [0.717, 1.165) is 36.0 Å². The molecule has 16 heavy (non-hydrogen) atoms. The van der Waals surface area contributed by atoms with Gasteiger partial charge in [0.1, 0.15) is 5.75 Å². The van der Waals surface area contributed by atoms with Gasteiger partial charge in [0.2, 0.25) is 0 Å². The van der Waals surface area contributed by atoms with E-state index in [1.165, 1.54) is 0 Å². The first-order valence-corrected chi connectivity index (χ1v) is 5.73. The lowest BCUT2D eigenvalue weighted by Crippen LogP contribution is -2.16. The highest BCUT2D eigenvalue weighted by Gasteiger charge is 2.02. The number of halogens is 1. The summed E-state index contributed by atoms with van der Waals surface area (Å²) in [7, 11) is 5.80. The average molecular weight is 243 g/mol. The zero-order valence-corrected chi connectivity index (χ0v) is 10.8. The second-order valence-corrected chi connectivity index (χ2v) is 4.36. The molecule has 0 aliphatic heterocycles. The maximum Gasteiger partial charge on any atom is 0.142 e. The highest BCUT2D eigenvalue weighted by molar-refractivity contribution is 6.30. The van der Waals surface area contributed by atoms with Crippen molar-refractivity contribution in [1.82, 2.24) is 4.90 Å². The molecule has 0 aromatic heterocycles. The van der Waals surface area contributed by atoms with Gasteiger partial charge in [-0.3, -0.25) is 0 Å². The first kappa shape index (κ1) is 13.1. The minimum absolute atomic E-state index is 0.718. The Labute approximate surface area is 102 Å². The van der Waals surface area contributed by atoms with Crippen molar-refractivity contribution >= 4 is 17.3 Å². The van der Waals surface area contributed by atoms with E-state index in [0.29, 0.717) is 0 Å². The summed E-state index contributed by atoms with van der Waals surface area (Å²) in [5.74, 6) is 0.828. The molecule has 0 radical (unpaired) electrons.